The minimum absolute atomic E-state index is 0.267. The van der Waals surface area contributed by atoms with Crippen molar-refractivity contribution in [2.75, 3.05) is 5.32 Å². The number of amides is 1. The Morgan fingerprint density at radius 2 is 1.81 bits per heavy atom. The maximum Gasteiger partial charge on any atom is 0.248 e. The number of aryl methyl sites for hydroxylation is 1. The third-order valence-electron chi connectivity index (χ3n) is 4.70. The van der Waals surface area contributed by atoms with Crippen LogP contribution in [0.4, 0.5) is 10.1 Å². The lowest BCUT2D eigenvalue weighted by atomic mass is 10.1. The van der Waals surface area contributed by atoms with Gasteiger partial charge in [0.05, 0.1) is 11.9 Å². The summed E-state index contributed by atoms with van der Waals surface area (Å²) in [5.74, 6) is -0.108. The molecule has 31 heavy (non-hydrogen) atoms. The van der Waals surface area contributed by atoms with Crippen molar-refractivity contribution in [3.05, 3.63) is 77.7 Å². The summed E-state index contributed by atoms with van der Waals surface area (Å²) in [6, 6.07) is 13.5. The summed E-state index contributed by atoms with van der Waals surface area (Å²) in [5, 5.41) is 7.06. The van der Waals surface area contributed by atoms with Gasteiger partial charge in [0.1, 0.15) is 16.3 Å². The summed E-state index contributed by atoms with van der Waals surface area (Å²) in [6.45, 7) is 5.86. The smallest absolute Gasteiger partial charge is 0.248 e. The number of nitrogens with zero attached hydrogens (tertiary/aromatic N) is 2. The average molecular weight is 440 g/mol. The lowest BCUT2D eigenvalue weighted by molar-refractivity contribution is -0.111. The van der Waals surface area contributed by atoms with Crippen molar-refractivity contribution in [3.8, 4) is 11.3 Å². The van der Waals surface area contributed by atoms with E-state index >= 15 is 0 Å². The molecular weight excluding hydrogens is 413 g/mol. The lowest BCUT2D eigenvalue weighted by Gasteiger charge is -2.24. The summed E-state index contributed by atoms with van der Waals surface area (Å²) in [7, 11) is 1.80. The number of benzene rings is 2. The normalized spacial score (nSPS) is 12.8. The first-order valence-corrected chi connectivity index (χ1v) is 11.2. The Hall–Kier alpha value is -2.90. The average Bonchev–Trinajstić information content (AvgIpc) is 3.08. The van der Waals surface area contributed by atoms with Crippen molar-refractivity contribution in [2.24, 2.45) is 7.05 Å². The molecule has 3 rings (SSSR count). The van der Waals surface area contributed by atoms with E-state index < -0.39 is 11.2 Å². The Kier molecular flexibility index (Phi) is 6.97. The van der Waals surface area contributed by atoms with Crippen molar-refractivity contribution in [1.82, 2.24) is 9.78 Å². The third-order valence-corrected chi connectivity index (χ3v) is 6.66. The second-order valence-corrected chi connectivity index (χ2v) is 10.4. The van der Waals surface area contributed by atoms with Gasteiger partial charge in [0.15, 0.2) is 0 Å². The van der Waals surface area contributed by atoms with Crippen LogP contribution >= 0.6 is 0 Å². The monoisotopic (exact) mass is 439 g/mol. The van der Waals surface area contributed by atoms with Gasteiger partial charge in [-0.15, -0.1) is 0 Å². The molecule has 3 aromatic rings. The number of aromatic nitrogens is 2. The molecule has 0 saturated heterocycles. The fourth-order valence-corrected chi connectivity index (χ4v) is 3.87. The van der Waals surface area contributed by atoms with E-state index in [0.29, 0.717) is 11.4 Å². The standard InChI is InChI=1S/C24H26FN3O2S/c1-24(2,3)31(30)16-17-5-12-21(13-6-17)27-22(29)14-9-19-15-26-28(4)23(19)18-7-10-20(25)11-8-18/h5-15H,16H2,1-4H3,(H,27,29)/b14-9+. The molecular formula is C24H26FN3O2S. The molecule has 0 fully saturated rings. The first-order chi connectivity index (χ1) is 14.6. The molecule has 162 valence electrons. The highest BCUT2D eigenvalue weighted by Gasteiger charge is 2.25. The van der Waals surface area contributed by atoms with E-state index in [1.165, 1.54) is 18.2 Å². The zero-order chi connectivity index (χ0) is 22.6. The summed E-state index contributed by atoms with van der Waals surface area (Å²) < 4.78 is 26.9. The first-order valence-electron chi connectivity index (χ1n) is 9.88. The number of hydrogen-bond donors (Lipinski definition) is 1. The van der Waals surface area contributed by atoms with Crippen LogP contribution in [0.5, 0.6) is 0 Å². The van der Waals surface area contributed by atoms with Gasteiger partial charge in [-0.05, 0) is 74.4 Å². The van der Waals surface area contributed by atoms with E-state index in [1.807, 2.05) is 32.9 Å². The van der Waals surface area contributed by atoms with Crippen LogP contribution in [0.15, 0.2) is 60.8 Å². The topological polar surface area (TPSA) is 70.0 Å². The SMILES string of the molecule is Cn1ncc(/C=C/C(=O)Nc2ccc(C[S+]([O-])C(C)(C)C)cc2)c1-c1ccc(F)cc1. The Bertz CT molecular complexity index is 1070. The number of halogens is 1. The third kappa shape index (κ3) is 6.06. The van der Waals surface area contributed by atoms with Gasteiger partial charge in [0.25, 0.3) is 0 Å². The van der Waals surface area contributed by atoms with E-state index in [0.717, 1.165) is 22.4 Å². The van der Waals surface area contributed by atoms with Crippen molar-refractivity contribution < 1.29 is 13.7 Å². The largest absolute Gasteiger partial charge is 0.616 e. The van der Waals surface area contributed by atoms with Crippen molar-refractivity contribution >= 4 is 28.8 Å². The summed E-state index contributed by atoms with van der Waals surface area (Å²) in [4.78, 5) is 12.4. The van der Waals surface area contributed by atoms with Crippen LogP contribution in [0, 0.1) is 5.82 Å². The van der Waals surface area contributed by atoms with Gasteiger partial charge in [-0.25, -0.2) is 4.39 Å². The minimum atomic E-state index is -0.975. The van der Waals surface area contributed by atoms with Gasteiger partial charge in [0.2, 0.25) is 5.91 Å². The highest BCUT2D eigenvalue weighted by atomic mass is 32.2. The maximum atomic E-state index is 13.2. The van der Waals surface area contributed by atoms with E-state index in [4.69, 9.17) is 0 Å². The quantitative estimate of drug-likeness (QED) is 0.438. The highest BCUT2D eigenvalue weighted by Crippen LogP contribution is 2.25. The molecule has 1 aromatic heterocycles. The zero-order valence-electron chi connectivity index (χ0n) is 18.1. The highest BCUT2D eigenvalue weighted by molar-refractivity contribution is 7.91. The summed E-state index contributed by atoms with van der Waals surface area (Å²) in [5.41, 5.74) is 3.97. The Labute approximate surface area is 185 Å². The fraction of sp³-hybridized carbons (Fsp3) is 0.250. The van der Waals surface area contributed by atoms with E-state index in [1.54, 1.807) is 48.3 Å². The molecule has 1 N–H and O–H groups in total. The molecule has 0 aliphatic heterocycles. The molecule has 0 bridgehead atoms. The molecule has 1 amide bonds. The lowest BCUT2D eigenvalue weighted by Crippen LogP contribution is -2.29. The second-order valence-electron chi connectivity index (χ2n) is 8.20. The zero-order valence-corrected chi connectivity index (χ0v) is 18.9. The Morgan fingerprint density at radius 3 is 2.42 bits per heavy atom. The van der Waals surface area contributed by atoms with Gasteiger partial charge in [-0.3, -0.25) is 9.48 Å². The molecule has 0 spiro atoms. The van der Waals surface area contributed by atoms with Crippen molar-refractivity contribution in [1.29, 1.82) is 0 Å². The fourth-order valence-electron chi connectivity index (χ4n) is 2.94. The van der Waals surface area contributed by atoms with Crippen LogP contribution in [0.25, 0.3) is 17.3 Å². The van der Waals surface area contributed by atoms with Crippen molar-refractivity contribution in [3.63, 3.8) is 0 Å². The van der Waals surface area contributed by atoms with Gasteiger partial charge < -0.3 is 9.87 Å². The Balaban J connectivity index is 1.66. The Morgan fingerprint density at radius 1 is 1.16 bits per heavy atom. The molecule has 1 heterocycles. The molecule has 1 unspecified atom stereocenters. The number of carbonyl (C=O) groups is 1. The van der Waals surface area contributed by atoms with Crippen LogP contribution in [-0.2, 0) is 28.8 Å². The van der Waals surface area contributed by atoms with Gasteiger partial charge in [-0.2, -0.15) is 5.10 Å². The van der Waals surface area contributed by atoms with Crippen molar-refractivity contribution in [2.45, 2.75) is 31.3 Å². The first kappa shape index (κ1) is 22.8. The van der Waals surface area contributed by atoms with Gasteiger partial charge in [0, 0.05) is 35.5 Å². The summed E-state index contributed by atoms with van der Waals surface area (Å²) in [6.07, 6.45) is 4.78. The maximum absolute atomic E-state index is 13.2. The second kappa shape index (κ2) is 9.49. The van der Waals surface area contributed by atoms with Crippen LogP contribution in [0.3, 0.4) is 0 Å². The molecule has 7 heteroatoms. The summed E-state index contributed by atoms with van der Waals surface area (Å²) >= 11 is -0.975. The number of rotatable bonds is 6. The van der Waals surface area contributed by atoms with Gasteiger partial charge in [-0.1, -0.05) is 12.1 Å². The van der Waals surface area contributed by atoms with Crippen LogP contribution in [-0.4, -0.2) is 25.0 Å². The number of anilines is 1. The minimum Gasteiger partial charge on any atom is -0.616 e. The van der Waals surface area contributed by atoms with Crippen LogP contribution in [0.2, 0.25) is 0 Å². The molecule has 0 aliphatic rings. The van der Waals surface area contributed by atoms with Crippen LogP contribution in [0.1, 0.15) is 31.9 Å². The van der Waals surface area contributed by atoms with Gasteiger partial charge >= 0.3 is 0 Å². The molecule has 0 radical (unpaired) electrons. The van der Waals surface area contributed by atoms with Crippen LogP contribution < -0.4 is 5.32 Å². The molecule has 1 atom stereocenters. The number of nitrogens with one attached hydrogen (secondary N) is 1. The van der Waals surface area contributed by atoms with E-state index in [2.05, 4.69) is 10.4 Å². The predicted octanol–water partition coefficient (Wildman–Crippen LogP) is 4.93. The van der Waals surface area contributed by atoms with E-state index in [9.17, 15) is 13.7 Å². The molecule has 5 nitrogen and oxygen atoms in total. The molecule has 0 aliphatic carbocycles. The molecule has 2 aromatic carbocycles. The van der Waals surface area contributed by atoms with E-state index in [-0.39, 0.29) is 16.5 Å². The molecule has 0 saturated carbocycles. The number of carbonyl (C=O) groups excluding carboxylic acids is 1. The number of hydrogen-bond acceptors (Lipinski definition) is 3. The predicted molar refractivity (Wildman–Crippen MR) is 124 cm³/mol.